The molecule has 0 saturated heterocycles. The van der Waals surface area contributed by atoms with Crippen molar-refractivity contribution >= 4 is 5.69 Å². The summed E-state index contributed by atoms with van der Waals surface area (Å²) in [6.07, 6.45) is 3.45. The smallest absolute Gasteiger partial charge is 0.258 e. The van der Waals surface area contributed by atoms with E-state index in [0.717, 1.165) is 18.4 Å². The van der Waals surface area contributed by atoms with Crippen molar-refractivity contribution in [1.29, 1.82) is 5.26 Å². The third-order valence-corrected chi connectivity index (χ3v) is 4.32. The zero-order valence-corrected chi connectivity index (χ0v) is 9.30. The molecule has 2 saturated carbocycles. The van der Waals surface area contributed by atoms with Crippen LogP contribution in [0.1, 0.15) is 24.8 Å². The fourth-order valence-electron chi connectivity index (χ4n) is 3.47. The fraction of sp³-hybridized carbons (Fsp3) is 0.462. The molecule has 86 valence electrons. The molecule has 0 spiro atoms. The second-order valence-electron chi connectivity index (χ2n) is 4.93. The molecule has 0 heterocycles. The molecule has 0 aromatic heterocycles. The summed E-state index contributed by atoms with van der Waals surface area (Å²) in [6.45, 7) is 0. The summed E-state index contributed by atoms with van der Waals surface area (Å²) in [5.41, 5.74) is 0.709. The highest BCUT2D eigenvalue weighted by molar-refractivity contribution is 5.48. The molecular formula is C13H12N2O2. The summed E-state index contributed by atoms with van der Waals surface area (Å²) >= 11 is 0. The minimum atomic E-state index is -0.406. The number of non-ortho nitro benzene ring substituents is 1. The summed E-state index contributed by atoms with van der Waals surface area (Å²) < 4.78 is 0. The molecule has 0 radical (unpaired) electrons. The van der Waals surface area contributed by atoms with Crippen molar-refractivity contribution in [2.45, 2.75) is 24.7 Å². The van der Waals surface area contributed by atoms with Crippen LogP contribution in [-0.2, 0) is 5.41 Å². The van der Waals surface area contributed by atoms with Crippen LogP contribution >= 0.6 is 0 Å². The zero-order valence-electron chi connectivity index (χ0n) is 9.30. The highest BCUT2D eigenvalue weighted by Gasteiger charge is 2.67. The molecule has 3 rings (SSSR count). The summed E-state index contributed by atoms with van der Waals surface area (Å²) in [6, 6.07) is 8.95. The van der Waals surface area contributed by atoms with Gasteiger partial charge in [0.25, 0.3) is 5.69 Å². The van der Waals surface area contributed by atoms with Gasteiger partial charge in [-0.25, -0.2) is 0 Å². The van der Waals surface area contributed by atoms with Gasteiger partial charge in [0.2, 0.25) is 0 Å². The van der Waals surface area contributed by atoms with Crippen molar-refractivity contribution in [3.63, 3.8) is 0 Å². The van der Waals surface area contributed by atoms with E-state index in [-0.39, 0.29) is 11.1 Å². The third kappa shape index (κ3) is 1.22. The molecule has 4 nitrogen and oxygen atoms in total. The minimum absolute atomic E-state index is 0.0904. The van der Waals surface area contributed by atoms with E-state index >= 15 is 0 Å². The van der Waals surface area contributed by atoms with Gasteiger partial charge in [-0.05, 0) is 30.2 Å². The Morgan fingerprint density at radius 1 is 1.29 bits per heavy atom. The van der Waals surface area contributed by atoms with Crippen molar-refractivity contribution in [2.24, 2.45) is 11.8 Å². The van der Waals surface area contributed by atoms with Crippen LogP contribution in [0.4, 0.5) is 5.69 Å². The molecule has 17 heavy (non-hydrogen) atoms. The Morgan fingerprint density at radius 2 is 1.88 bits per heavy atom. The highest BCUT2D eigenvalue weighted by atomic mass is 16.6. The minimum Gasteiger partial charge on any atom is -0.258 e. The van der Waals surface area contributed by atoms with Crippen LogP contribution in [0.25, 0.3) is 0 Å². The van der Waals surface area contributed by atoms with E-state index in [1.807, 2.05) is 0 Å². The average Bonchev–Trinajstić information content (AvgIpc) is 2.72. The maximum atomic E-state index is 10.6. The van der Waals surface area contributed by atoms with E-state index in [2.05, 4.69) is 6.07 Å². The lowest BCUT2D eigenvalue weighted by Crippen LogP contribution is -2.11. The lowest BCUT2D eigenvalue weighted by molar-refractivity contribution is -0.384. The topological polar surface area (TPSA) is 66.9 Å². The monoisotopic (exact) mass is 228 g/mol. The molecular weight excluding hydrogens is 216 g/mol. The van der Waals surface area contributed by atoms with Gasteiger partial charge in [0, 0.05) is 12.1 Å². The Hall–Kier alpha value is -1.89. The summed E-state index contributed by atoms with van der Waals surface area (Å²) in [4.78, 5) is 10.2. The van der Waals surface area contributed by atoms with Crippen LogP contribution in [-0.4, -0.2) is 4.92 Å². The number of nitrogens with zero attached hydrogens (tertiary/aromatic N) is 2. The predicted octanol–water partition coefficient (Wildman–Crippen LogP) is 2.79. The van der Waals surface area contributed by atoms with E-state index in [1.54, 1.807) is 12.1 Å². The van der Waals surface area contributed by atoms with Crippen LogP contribution in [0.15, 0.2) is 24.3 Å². The van der Waals surface area contributed by atoms with E-state index in [4.69, 9.17) is 0 Å². The standard InChI is InChI=1S/C13H12N2O2/c14-8-13(11-2-1-3-12(11)13)9-4-6-10(7-5-9)15(16)17/h4-7,11-12H,1-3H2/t11-,12+,13+. The van der Waals surface area contributed by atoms with E-state index in [0.29, 0.717) is 11.8 Å². The van der Waals surface area contributed by atoms with Crippen molar-refractivity contribution in [2.75, 3.05) is 0 Å². The fourth-order valence-corrected chi connectivity index (χ4v) is 3.47. The number of hydrogen-bond donors (Lipinski definition) is 0. The van der Waals surface area contributed by atoms with Gasteiger partial charge in [-0.3, -0.25) is 10.1 Å². The summed E-state index contributed by atoms with van der Waals surface area (Å²) in [5, 5.41) is 20.0. The van der Waals surface area contributed by atoms with Gasteiger partial charge < -0.3 is 0 Å². The van der Waals surface area contributed by atoms with Gasteiger partial charge in [-0.2, -0.15) is 5.26 Å². The number of nitriles is 1. The number of benzene rings is 1. The summed E-state index contributed by atoms with van der Waals surface area (Å²) in [5.74, 6) is 0.961. The highest BCUT2D eigenvalue weighted by Crippen LogP contribution is 2.67. The number of hydrogen-bond acceptors (Lipinski definition) is 3. The van der Waals surface area contributed by atoms with Gasteiger partial charge in [0.1, 0.15) is 0 Å². The molecule has 3 atom stereocenters. The molecule has 0 bridgehead atoms. The summed E-state index contributed by atoms with van der Waals surface area (Å²) in [7, 11) is 0. The van der Waals surface area contributed by atoms with Crippen molar-refractivity contribution in [3.8, 4) is 6.07 Å². The largest absolute Gasteiger partial charge is 0.269 e. The van der Waals surface area contributed by atoms with E-state index in [9.17, 15) is 15.4 Å². The Bertz CT molecular complexity index is 505. The van der Waals surface area contributed by atoms with Gasteiger partial charge >= 0.3 is 0 Å². The van der Waals surface area contributed by atoms with Crippen LogP contribution < -0.4 is 0 Å². The van der Waals surface area contributed by atoms with Crippen LogP contribution in [0.3, 0.4) is 0 Å². The Labute approximate surface area is 99.0 Å². The molecule has 0 aliphatic heterocycles. The maximum absolute atomic E-state index is 10.6. The molecule has 1 aromatic carbocycles. The predicted molar refractivity (Wildman–Crippen MR) is 61.2 cm³/mol. The van der Waals surface area contributed by atoms with Crippen LogP contribution in [0, 0.1) is 33.3 Å². The number of nitro benzene ring substituents is 1. The molecule has 0 unspecified atom stereocenters. The number of fused-ring (bicyclic) bond motifs is 1. The lowest BCUT2D eigenvalue weighted by atomic mass is 9.89. The van der Waals surface area contributed by atoms with Crippen molar-refractivity contribution < 1.29 is 4.92 Å². The third-order valence-electron chi connectivity index (χ3n) is 4.32. The first-order valence-electron chi connectivity index (χ1n) is 5.86. The van der Waals surface area contributed by atoms with Crippen molar-refractivity contribution in [3.05, 3.63) is 39.9 Å². The Morgan fingerprint density at radius 3 is 2.35 bits per heavy atom. The van der Waals surface area contributed by atoms with E-state index < -0.39 is 4.92 Å². The van der Waals surface area contributed by atoms with E-state index in [1.165, 1.54) is 18.6 Å². The molecule has 2 fully saturated rings. The van der Waals surface area contributed by atoms with Gasteiger partial charge in [0.15, 0.2) is 0 Å². The van der Waals surface area contributed by atoms with Gasteiger partial charge in [-0.1, -0.05) is 18.6 Å². The molecule has 4 heteroatoms. The molecule has 2 aliphatic rings. The molecule has 0 amide bonds. The zero-order chi connectivity index (χ0) is 12.0. The number of nitro groups is 1. The van der Waals surface area contributed by atoms with Crippen molar-refractivity contribution in [1.82, 2.24) is 0 Å². The SMILES string of the molecule is N#C[C@]1(c2ccc([N+](=O)[O-])cc2)[C@@H]2CCC[C@@H]21. The first-order chi connectivity index (χ1) is 8.20. The molecule has 2 aliphatic carbocycles. The second kappa shape index (κ2) is 3.30. The first-order valence-corrected chi connectivity index (χ1v) is 5.86. The Kier molecular flexibility index (Phi) is 1.99. The average molecular weight is 228 g/mol. The maximum Gasteiger partial charge on any atom is 0.269 e. The quantitative estimate of drug-likeness (QED) is 0.577. The normalized spacial score (nSPS) is 33.8. The Balaban J connectivity index is 1.95. The molecule has 0 N–H and O–H groups in total. The van der Waals surface area contributed by atoms with Gasteiger partial charge in [-0.15, -0.1) is 0 Å². The lowest BCUT2D eigenvalue weighted by Gasteiger charge is -2.12. The number of rotatable bonds is 2. The second-order valence-corrected chi connectivity index (χ2v) is 4.93. The molecule has 1 aromatic rings. The van der Waals surface area contributed by atoms with Crippen LogP contribution in [0.5, 0.6) is 0 Å². The van der Waals surface area contributed by atoms with Gasteiger partial charge in [0.05, 0.1) is 16.4 Å². The van der Waals surface area contributed by atoms with Crippen LogP contribution in [0.2, 0.25) is 0 Å². The first kappa shape index (κ1) is 10.3.